The Balaban J connectivity index is 0.00000320. The maximum Gasteiger partial charge on any atom is 0.246 e. The number of benzene rings is 2. The Morgan fingerprint density at radius 3 is 2.43 bits per heavy atom. The van der Waals surface area contributed by atoms with Gasteiger partial charge in [0.2, 0.25) is 5.91 Å². The maximum atomic E-state index is 13.3. The first kappa shape index (κ1) is 26.3. The van der Waals surface area contributed by atoms with Crippen molar-refractivity contribution in [1.29, 1.82) is 0 Å². The molecule has 1 aliphatic rings. The van der Waals surface area contributed by atoms with E-state index in [1.807, 2.05) is 58.0 Å². The van der Waals surface area contributed by atoms with Crippen molar-refractivity contribution in [3.05, 3.63) is 83.6 Å². The number of methoxy groups -OCH3 is 3. The first-order valence-corrected chi connectivity index (χ1v) is 11.9. The predicted molar refractivity (Wildman–Crippen MR) is 147 cm³/mol. The number of hydrogen-bond acceptors (Lipinski definition) is 5. The Morgan fingerprint density at radius 2 is 1.73 bits per heavy atom. The largest absolute Gasteiger partial charge is 0.493 e. The lowest BCUT2D eigenvalue weighted by atomic mass is 9.98. The molecule has 0 saturated heterocycles. The van der Waals surface area contributed by atoms with E-state index >= 15 is 0 Å². The van der Waals surface area contributed by atoms with E-state index in [1.54, 1.807) is 33.6 Å². The number of pyridine rings is 1. The Morgan fingerprint density at radius 1 is 1.00 bits per heavy atom. The summed E-state index contributed by atoms with van der Waals surface area (Å²) in [7, 11) is 4.93. The zero-order valence-electron chi connectivity index (χ0n) is 21.1. The molecule has 3 heterocycles. The molecule has 1 amide bonds. The first-order chi connectivity index (χ1) is 17.6. The second-order valence-corrected chi connectivity index (χ2v) is 8.67. The van der Waals surface area contributed by atoms with Crippen molar-refractivity contribution in [1.82, 2.24) is 14.5 Å². The fraction of sp³-hybridized carbons (Fsp3) is 0.241. The molecule has 0 unspecified atom stereocenters. The van der Waals surface area contributed by atoms with Crippen LogP contribution in [-0.2, 0) is 29.2 Å². The van der Waals surface area contributed by atoms with Crippen LogP contribution in [0.1, 0.15) is 16.7 Å². The van der Waals surface area contributed by atoms with E-state index in [9.17, 15) is 4.79 Å². The number of fused-ring (bicyclic) bond motifs is 2. The van der Waals surface area contributed by atoms with Crippen LogP contribution in [0, 0.1) is 0 Å². The van der Waals surface area contributed by atoms with Gasteiger partial charge in [-0.3, -0.25) is 4.79 Å². The smallest absolute Gasteiger partial charge is 0.246 e. The van der Waals surface area contributed by atoms with Gasteiger partial charge in [-0.1, -0.05) is 30.3 Å². The van der Waals surface area contributed by atoms with E-state index in [4.69, 9.17) is 14.2 Å². The van der Waals surface area contributed by atoms with Crippen LogP contribution in [0.25, 0.3) is 28.4 Å². The lowest BCUT2D eigenvalue weighted by Crippen LogP contribution is -2.34. The van der Waals surface area contributed by atoms with E-state index in [0.29, 0.717) is 31.3 Å². The van der Waals surface area contributed by atoms with Gasteiger partial charge in [-0.25, -0.2) is 4.98 Å². The van der Waals surface area contributed by atoms with Crippen LogP contribution < -0.4 is 9.47 Å². The van der Waals surface area contributed by atoms with Gasteiger partial charge in [0, 0.05) is 43.4 Å². The molecule has 8 heteroatoms. The van der Waals surface area contributed by atoms with Crippen LogP contribution in [-0.4, -0.2) is 48.2 Å². The highest BCUT2D eigenvalue weighted by Gasteiger charge is 2.23. The van der Waals surface area contributed by atoms with Crippen LogP contribution in [0.3, 0.4) is 0 Å². The third kappa shape index (κ3) is 5.05. The molecule has 0 saturated carbocycles. The number of ether oxygens (including phenoxy) is 3. The summed E-state index contributed by atoms with van der Waals surface area (Å²) >= 11 is 0. The highest BCUT2D eigenvalue weighted by atomic mass is 35.5. The third-order valence-corrected chi connectivity index (χ3v) is 6.59. The highest BCUT2D eigenvalue weighted by Crippen LogP contribution is 2.35. The van der Waals surface area contributed by atoms with Crippen LogP contribution in [0.5, 0.6) is 11.5 Å². The second kappa shape index (κ2) is 11.5. The molecule has 0 N–H and O–H groups in total. The molecule has 4 aromatic rings. The highest BCUT2D eigenvalue weighted by molar-refractivity contribution is 6.00. The van der Waals surface area contributed by atoms with E-state index in [1.165, 1.54) is 5.56 Å². The van der Waals surface area contributed by atoms with Gasteiger partial charge in [-0.15, -0.1) is 12.4 Å². The maximum absolute atomic E-state index is 13.3. The molecule has 7 nitrogen and oxygen atoms in total. The topological polar surface area (TPSA) is 65.8 Å². The fourth-order valence-electron chi connectivity index (χ4n) is 4.86. The summed E-state index contributed by atoms with van der Waals surface area (Å²) in [6.07, 6.45) is 6.11. The third-order valence-electron chi connectivity index (χ3n) is 6.59. The van der Waals surface area contributed by atoms with Gasteiger partial charge < -0.3 is 23.7 Å². The van der Waals surface area contributed by atoms with Crippen molar-refractivity contribution >= 4 is 35.4 Å². The number of hydrogen-bond donors (Lipinski definition) is 0. The average Bonchev–Trinajstić information content (AvgIpc) is 3.24. The van der Waals surface area contributed by atoms with Gasteiger partial charge in [-0.2, -0.15) is 0 Å². The molecule has 192 valence electrons. The molecule has 0 radical (unpaired) electrons. The first-order valence-electron chi connectivity index (χ1n) is 11.9. The summed E-state index contributed by atoms with van der Waals surface area (Å²) in [5, 5.41) is 0.971. The zero-order valence-corrected chi connectivity index (χ0v) is 22.0. The monoisotopic (exact) mass is 519 g/mol. The minimum Gasteiger partial charge on any atom is -0.493 e. The Bertz CT molecular complexity index is 1430. The molecule has 1 aliphatic heterocycles. The Hall–Kier alpha value is -3.81. The van der Waals surface area contributed by atoms with E-state index in [2.05, 4.69) is 17.1 Å². The zero-order chi connectivity index (χ0) is 25.1. The summed E-state index contributed by atoms with van der Waals surface area (Å²) < 4.78 is 18.4. The van der Waals surface area contributed by atoms with Crippen LogP contribution in [0.4, 0.5) is 0 Å². The van der Waals surface area contributed by atoms with Crippen molar-refractivity contribution < 1.29 is 19.0 Å². The molecule has 2 aromatic carbocycles. The Labute approximate surface area is 222 Å². The summed E-state index contributed by atoms with van der Waals surface area (Å²) in [6, 6.07) is 18.0. The van der Waals surface area contributed by atoms with Crippen molar-refractivity contribution in [2.24, 2.45) is 0 Å². The summed E-state index contributed by atoms with van der Waals surface area (Å²) in [5.74, 6) is 1.35. The lowest BCUT2D eigenvalue weighted by molar-refractivity contribution is -0.126. The number of carbonyl (C=O) groups excluding carboxylic acids is 1. The number of nitrogens with zero attached hydrogens (tertiary/aromatic N) is 3. The molecule has 37 heavy (non-hydrogen) atoms. The van der Waals surface area contributed by atoms with Gasteiger partial charge in [0.05, 0.1) is 19.9 Å². The minimum absolute atomic E-state index is 0. The predicted octanol–water partition coefficient (Wildman–Crippen LogP) is 5.34. The van der Waals surface area contributed by atoms with Crippen LogP contribution >= 0.6 is 12.4 Å². The van der Waals surface area contributed by atoms with Gasteiger partial charge in [-0.05, 0) is 53.5 Å². The standard InChI is InChI=1S/C29H29N3O4.ClH/c1-34-19-32-28(20-8-5-4-6-9-20)23(24-10-7-14-30-29(24)32)11-12-27(33)31-15-13-21-16-25(35-2)26(36-3)17-22(21)18-31;/h4-12,14,16-17H,13,15,18-19H2,1-3H3;1H. The number of halogens is 1. The van der Waals surface area contributed by atoms with Crippen LogP contribution in [0.2, 0.25) is 0 Å². The molecule has 2 aromatic heterocycles. The molecule has 5 rings (SSSR count). The van der Waals surface area contributed by atoms with E-state index < -0.39 is 0 Å². The van der Waals surface area contributed by atoms with Crippen molar-refractivity contribution in [3.8, 4) is 22.8 Å². The number of aromatic nitrogens is 2. The molecule has 0 bridgehead atoms. The van der Waals surface area contributed by atoms with E-state index in [0.717, 1.165) is 39.8 Å². The quantitative estimate of drug-likeness (QED) is 0.308. The normalized spacial score (nSPS) is 12.9. The van der Waals surface area contributed by atoms with Gasteiger partial charge in [0.25, 0.3) is 0 Å². The van der Waals surface area contributed by atoms with Crippen LogP contribution in [0.15, 0.2) is 66.9 Å². The molecule has 0 spiro atoms. The molecule has 0 aliphatic carbocycles. The summed E-state index contributed by atoms with van der Waals surface area (Å²) in [4.78, 5) is 19.8. The summed E-state index contributed by atoms with van der Waals surface area (Å²) in [6.45, 7) is 1.52. The number of rotatable bonds is 7. The second-order valence-electron chi connectivity index (χ2n) is 8.67. The van der Waals surface area contributed by atoms with Crippen molar-refractivity contribution in [3.63, 3.8) is 0 Å². The van der Waals surface area contributed by atoms with Gasteiger partial charge >= 0.3 is 0 Å². The van der Waals surface area contributed by atoms with Gasteiger partial charge in [0.15, 0.2) is 11.5 Å². The molecule has 0 atom stereocenters. The minimum atomic E-state index is -0.0361. The van der Waals surface area contributed by atoms with E-state index in [-0.39, 0.29) is 18.3 Å². The Kier molecular flexibility index (Phi) is 8.16. The average molecular weight is 520 g/mol. The fourth-order valence-corrected chi connectivity index (χ4v) is 4.86. The molecular weight excluding hydrogens is 490 g/mol. The summed E-state index contributed by atoms with van der Waals surface area (Å²) in [5.41, 5.74) is 6.02. The lowest BCUT2D eigenvalue weighted by Gasteiger charge is -2.28. The molecule has 0 fully saturated rings. The van der Waals surface area contributed by atoms with Crippen molar-refractivity contribution in [2.75, 3.05) is 27.9 Å². The van der Waals surface area contributed by atoms with Gasteiger partial charge in [0.1, 0.15) is 12.4 Å². The van der Waals surface area contributed by atoms with Crippen molar-refractivity contribution in [2.45, 2.75) is 19.7 Å². The molecular formula is C29H30ClN3O4. The SMILES string of the molecule is COCn1c(-c2ccccc2)c(C=CC(=O)N2CCc3cc(OC)c(OC)cc3C2)c2cccnc21.Cl. The number of amides is 1. The number of carbonyl (C=O) groups is 1.